The van der Waals surface area contributed by atoms with Crippen molar-refractivity contribution in [3.05, 3.63) is 42.0 Å². The summed E-state index contributed by atoms with van der Waals surface area (Å²) in [6.45, 7) is 2.04. The molecule has 0 N–H and O–H groups in total. The second kappa shape index (κ2) is 4.67. The molecule has 0 amide bonds. The first kappa shape index (κ1) is 13.0. The van der Waals surface area contributed by atoms with E-state index in [1.54, 1.807) is 6.07 Å². The quantitative estimate of drug-likeness (QED) is 0.703. The molecular formula is C14H15F3O. The highest BCUT2D eigenvalue weighted by Gasteiger charge is 2.32. The lowest BCUT2D eigenvalue weighted by Crippen LogP contribution is -2.22. The minimum absolute atomic E-state index is 0.153. The van der Waals surface area contributed by atoms with Gasteiger partial charge in [-0.25, -0.2) is 0 Å². The lowest BCUT2D eigenvalue weighted by molar-refractivity contribution is -0.274. The number of hydrogen-bond acceptors (Lipinski definition) is 1. The maximum absolute atomic E-state index is 12.2. The molecule has 18 heavy (non-hydrogen) atoms. The summed E-state index contributed by atoms with van der Waals surface area (Å²) in [6, 6.07) is 6.25. The van der Waals surface area contributed by atoms with Crippen LogP contribution in [0.5, 0.6) is 5.75 Å². The smallest absolute Gasteiger partial charge is 0.406 e. The number of benzene rings is 1. The van der Waals surface area contributed by atoms with Crippen molar-refractivity contribution in [1.29, 1.82) is 0 Å². The molecule has 98 valence electrons. The summed E-state index contributed by atoms with van der Waals surface area (Å²) in [4.78, 5) is 0. The first-order valence-corrected chi connectivity index (χ1v) is 5.93. The highest BCUT2D eigenvalue weighted by atomic mass is 19.4. The molecule has 0 heterocycles. The molecule has 0 fully saturated rings. The SMILES string of the molecule is C[C@]1(c2cccc(OC(F)(F)F)c2)C=CCCC1. The molecule has 0 aromatic heterocycles. The molecule has 0 bridgehead atoms. The van der Waals surface area contributed by atoms with Gasteiger partial charge in [-0.2, -0.15) is 0 Å². The molecule has 4 heteroatoms. The minimum Gasteiger partial charge on any atom is -0.406 e. The van der Waals surface area contributed by atoms with Crippen molar-refractivity contribution in [3.8, 4) is 5.75 Å². The van der Waals surface area contributed by atoms with Gasteiger partial charge in [-0.3, -0.25) is 0 Å². The van der Waals surface area contributed by atoms with Crippen molar-refractivity contribution < 1.29 is 17.9 Å². The van der Waals surface area contributed by atoms with Crippen molar-refractivity contribution in [2.24, 2.45) is 0 Å². The van der Waals surface area contributed by atoms with Crippen LogP contribution in [-0.2, 0) is 5.41 Å². The second-order valence-electron chi connectivity index (χ2n) is 4.79. The Kier molecular flexibility index (Phi) is 3.37. The van der Waals surface area contributed by atoms with E-state index in [4.69, 9.17) is 0 Å². The van der Waals surface area contributed by atoms with Crippen LogP contribution in [0.25, 0.3) is 0 Å². The Labute approximate surface area is 104 Å². The first-order valence-electron chi connectivity index (χ1n) is 5.93. The van der Waals surface area contributed by atoms with E-state index in [1.165, 1.54) is 12.1 Å². The van der Waals surface area contributed by atoms with E-state index < -0.39 is 6.36 Å². The van der Waals surface area contributed by atoms with Crippen molar-refractivity contribution >= 4 is 0 Å². The van der Waals surface area contributed by atoms with Gasteiger partial charge in [-0.15, -0.1) is 13.2 Å². The summed E-state index contributed by atoms with van der Waals surface area (Å²) in [5.74, 6) is -0.153. The third kappa shape index (κ3) is 3.06. The summed E-state index contributed by atoms with van der Waals surface area (Å²) in [7, 11) is 0. The fraction of sp³-hybridized carbons (Fsp3) is 0.429. The Morgan fingerprint density at radius 2 is 2.06 bits per heavy atom. The number of halogens is 3. The Bertz CT molecular complexity index is 451. The normalized spacial score (nSPS) is 24.0. The first-order chi connectivity index (χ1) is 8.39. The van der Waals surface area contributed by atoms with Crippen LogP contribution < -0.4 is 4.74 Å². The van der Waals surface area contributed by atoms with Gasteiger partial charge in [0, 0.05) is 5.41 Å². The van der Waals surface area contributed by atoms with Crippen LogP contribution >= 0.6 is 0 Å². The summed E-state index contributed by atoms with van der Waals surface area (Å²) in [5.41, 5.74) is 0.670. The molecule has 1 nitrogen and oxygen atoms in total. The van der Waals surface area contributed by atoms with E-state index in [1.807, 2.05) is 13.0 Å². The molecule has 1 aromatic carbocycles. The largest absolute Gasteiger partial charge is 0.573 e. The minimum atomic E-state index is -4.64. The molecular weight excluding hydrogens is 241 g/mol. The zero-order valence-electron chi connectivity index (χ0n) is 10.1. The van der Waals surface area contributed by atoms with E-state index in [2.05, 4.69) is 16.9 Å². The van der Waals surface area contributed by atoms with E-state index in [9.17, 15) is 13.2 Å². The zero-order valence-corrected chi connectivity index (χ0v) is 10.1. The molecule has 1 aliphatic rings. The van der Waals surface area contributed by atoms with Crippen LogP contribution in [0.2, 0.25) is 0 Å². The van der Waals surface area contributed by atoms with Crippen LogP contribution in [0.4, 0.5) is 13.2 Å². The molecule has 2 rings (SSSR count). The Morgan fingerprint density at radius 1 is 1.28 bits per heavy atom. The average molecular weight is 256 g/mol. The van der Waals surface area contributed by atoms with Gasteiger partial charge in [0.25, 0.3) is 0 Å². The van der Waals surface area contributed by atoms with E-state index in [0.29, 0.717) is 0 Å². The van der Waals surface area contributed by atoms with Crippen molar-refractivity contribution in [2.45, 2.75) is 38.0 Å². The molecule has 0 saturated heterocycles. The number of ether oxygens (including phenoxy) is 1. The molecule has 0 unspecified atom stereocenters. The predicted molar refractivity (Wildman–Crippen MR) is 63.5 cm³/mol. The second-order valence-corrected chi connectivity index (χ2v) is 4.79. The fourth-order valence-electron chi connectivity index (χ4n) is 2.30. The molecule has 1 aliphatic carbocycles. The van der Waals surface area contributed by atoms with Gasteiger partial charge in [-0.1, -0.05) is 31.2 Å². The maximum atomic E-state index is 12.2. The van der Waals surface area contributed by atoms with E-state index >= 15 is 0 Å². The van der Waals surface area contributed by atoms with Crippen molar-refractivity contribution in [2.75, 3.05) is 0 Å². The highest BCUT2D eigenvalue weighted by Crippen LogP contribution is 2.36. The monoisotopic (exact) mass is 256 g/mol. The Morgan fingerprint density at radius 3 is 2.67 bits per heavy atom. The van der Waals surface area contributed by atoms with Gasteiger partial charge in [0.2, 0.25) is 0 Å². The van der Waals surface area contributed by atoms with Crippen molar-refractivity contribution in [3.63, 3.8) is 0 Å². The third-order valence-electron chi connectivity index (χ3n) is 3.28. The summed E-state index contributed by atoms with van der Waals surface area (Å²) in [6.07, 6.45) is 2.55. The predicted octanol–water partition coefficient (Wildman–Crippen LogP) is 4.58. The molecule has 0 saturated carbocycles. The lowest BCUT2D eigenvalue weighted by Gasteiger charge is -2.29. The number of allylic oxidation sites excluding steroid dienone is 2. The maximum Gasteiger partial charge on any atom is 0.573 e. The van der Waals surface area contributed by atoms with Crippen LogP contribution in [0.1, 0.15) is 31.7 Å². The van der Waals surface area contributed by atoms with E-state index in [-0.39, 0.29) is 11.2 Å². The third-order valence-corrected chi connectivity index (χ3v) is 3.28. The molecule has 0 aliphatic heterocycles. The highest BCUT2D eigenvalue weighted by molar-refractivity contribution is 5.37. The Balaban J connectivity index is 2.27. The fourth-order valence-corrected chi connectivity index (χ4v) is 2.30. The molecule has 0 radical (unpaired) electrons. The van der Waals surface area contributed by atoms with Gasteiger partial charge >= 0.3 is 6.36 Å². The molecule has 0 spiro atoms. The van der Waals surface area contributed by atoms with Crippen LogP contribution in [0.3, 0.4) is 0 Å². The van der Waals surface area contributed by atoms with Crippen molar-refractivity contribution in [1.82, 2.24) is 0 Å². The standard InChI is InChI=1S/C14H15F3O/c1-13(8-3-2-4-9-13)11-6-5-7-12(10-11)18-14(15,16)17/h3,5-8,10H,2,4,9H2,1H3/t13-/m0/s1. The number of alkyl halides is 3. The van der Waals surface area contributed by atoms with Gasteiger partial charge < -0.3 is 4.74 Å². The Hall–Kier alpha value is -1.45. The van der Waals surface area contributed by atoms with Crippen LogP contribution in [0, 0.1) is 0 Å². The summed E-state index contributed by atoms with van der Waals surface area (Å²) < 4.78 is 40.5. The summed E-state index contributed by atoms with van der Waals surface area (Å²) in [5, 5.41) is 0. The van der Waals surface area contributed by atoms with Gasteiger partial charge in [0.15, 0.2) is 0 Å². The van der Waals surface area contributed by atoms with Gasteiger partial charge in [0.05, 0.1) is 0 Å². The average Bonchev–Trinajstić information content (AvgIpc) is 2.28. The van der Waals surface area contributed by atoms with Crippen LogP contribution in [0.15, 0.2) is 36.4 Å². The molecule has 1 atom stereocenters. The van der Waals surface area contributed by atoms with Gasteiger partial charge in [0.1, 0.15) is 5.75 Å². The van der Waals surface area contributed by atoms with Gasteiger partial charge in [-0.05, 0) is 37.0 Å². The number of hydrogen-bond donors (Lipinski definition) is 0. The van der Waals surface area contributed by atoms with Crippen LogP contribution in [-0.4, -0.2) is 6.36 Å². The zero-order chi connectivity index (χ0) is 13.2. The topological polar surface area (TPSA) is 9.23 Å². The molecule has 1 aromatic rings. The number of rotatable bonds is 2. The summed E-state index contributed by atoms with van der Waals surface area (Å²) >= 11 is 0. The van der Waals surface area contributed by atoms with E-state index in [0.717, 1.165) is 24.8 Å². The lowest BCUT2D eigenvalue weighted by atomic mass is 9.75.